The monoisotopic (exact) mass is 349 g/mol. The lowest BCUT2D eigenvalue weighted by molar-refractivity contribution is 0.186. The van der Waals surface area contributed by atoms with Crippen LogP contribution in [0.4, 0.5) is 4.79 Å². The Morgan fingerprint density at radius 3 is 2.70 bits per heavy atom. The highest BCUT2D eigenvalue weighted by Gasteiger charge is 2.15. The molecule has 2 heterocycles. The number of piperidine rings is 1. The van der Waals surface area contributed by atoms with E-state index in [-0.39, 0.29) is 6.03 Å². The van der Waals surface area contributed by atoms with Crippen molar-refractivity contribution in [3.05, 3.63) is 40.4 Å². The SMILES string of the molecule is O=C(NCCc1csc(-c2ccc(Cl)cc2)n1)N1CCCCC1. The molecule has 0 unspecified atom stereocenters. The van der Waals surface area contributed by atoms with E-state index in [9.17, 15) is 4.79 Å². The minimum Gasteiger partial charge on any atom is -0.338 e. The third-order valence-electron chi connectivity index (χ3n) is 3.94. The standard InChI is InChI=1S/C17H20ClN3OS/c18-14-6-4-13(5-7-14)16-20-15(12-23-16)8-9-19-17(22)21-10-2-1-3-11-21/h4-7,12H,1-3,8-11H2,(H,19,22). The van der Waals surface area contributed by atoms with Crippen LogP contribution in [-0.4, -0.2) is 35.5 Å². The molecule has 1 fully saturated rings. The largest absolute Gasteiger partial charge is 0.338 e. The number of halogens is 1. The van der Waals surface area contributed by atoms with Crippen molar-refractivity contribution < 1.29 is 4.79 Å². The molecule has 0 saturated carbocycles. The smallest absolute Gasteiger partial charge is 0.317 e. The molecule has 122 valence electrons. The molecule has 0 atom stereocenters. The molecule has 2 aromatic rings. The van der Waals surface area contributed by atoms with Gasteiger partial charge in [-0.3, -0.25) is 0 Å². The first-order valence-corrected chi connectivity index (χ1v) is 9.21. The molecule has 4 nitrogen and oxygen atoms in total. The van der Waals surface area contributed by atoms with Gasteiger partial charge in [-0.25, -0.2) is 9.78 Å². The Bertz CT molecular complexity index is 650. The fourth-order valence-electron chi connectivity index (χ4n) is 2.65. The van der Waals surface area contributed by atoms with E-state index >= 15 is 0 Å². The number of carbonyl (C=O) groups is 1. The van der Waals surface area contributed by atoms with Gasteiger partial charge in [-0.2, -0.15) is 0 Å². The van der Waals surface area contributed by atoms with E-state index in [1.165, 1.54) is 6.42 Å². The molecule has 1 aliphatic rings. The molecule has 1 saturated heterocycles. The number of benzene rings is 1. The van der Waals surface area contributed by atoms with Gasteiger partial charge >= 0.3 is 6.03 Å². The predicted molar refractivity (Wildman–Crippen MR) is 95.1 cm³/mol. The van der Waals surface area contributed by atoms with Gasteiger partial charge < -0.3 is 10.2 Å². The molecule has 2 amide bonds. The van der Waals surface area contributed by atoms with E-state index in [1.807, 2.05) is 29.2 Å². The molecule has 23 heavy (non-hydrogen) atoms. The summed E-state index contributed by atoms with van der Waals surface area (Å²) in [5.74, 6) is 0. The van der Waals surface area contributed by atoms with Crippen molar-refractivity contribution in [2.45, 2.75) is 25.7 Å². The van der Waals surface area contributed by atoms with Gasteiger partial charge in [-0.05, 0) is 31.4 Å². The Hall–Kier alpha value is -1.59. The Labute approximate surface area is 145 Å². The Balaban J connectivity index is 1.49. The maximum atomic E-state index is 12.0. The van der Waals surface area contributed by atoms with Crippen LogP contribution in [0.1, 0.15) is 25.0 Å². The summed E-state index contributed by atoms with van der Waals surface area (Å²) in [7, 11) is 0. The zero-order valence-corrected chi connectivity index (χ0v) is 14.5. The van der Waals surface area contributed by atoms with Crippen LogP contribution in [0.25, 0.3) is 10.6 Å². The summed E-state index contributed by atoms with van der Waals surface area (Å²) in [6.45, 7) is 2.38. The second kappa shape index (κ2) is 7.79. The zero-order valence-electron chi connectivity index (χ0n) is 12.9. The molecule has 1 aromatic carbocycles. The quantitative estimate of drug-likeness (QED) is 0.899. The van der Waals surface area contributed by atoms with Crippen LogP contribution in [0.5, 0.6) is 0 Å². The van der Waals surface area contributed by atoms with Gasteiger partial charge in [0.05, 0.1) is 5.69 Å². The number of nitrogens with one attached hydrogen (secondary N) is 1. The number of aromatic nitrogens is 1. The van der Waals surface area contributed by atoms with Gasteiger partial charge in [-0.15, -0.1) is 11.3 Å². The number of thiazole rings is 1. The molecule has 0 bridgehead atoms. The summed E-state index contributed by atoms with van der Waals surface area (Å²) >= 11 is 7.52. The van der Waals surface area contributed by atoms with Gasteiger partial charge in [0.15, 0.2) is 0 Å². The lowest BCUT2D eigenvalue weighted by Crippen LogP contribution is -2.43. The average Bonchev–Trinajstić information content (AvgIpc) is 3.05. The maximum Gasteiger partial charge on any atom is 0.317 e. The van der Waals surface area contributed by atoms with Crippen molar-refractivity contribution >= 4 is 29.0 Å². The van der Waals surface area contributed by atoms with Crippen LogP contribution in [-0.2, 0) is 6.42 Å². The Morgan fingerprint density at radius 2 is 1.96 bits per heavy atom. The number of nitrogens with zero attached hydrogens (tertiary/aromatic N) is 2. The molecule has 1 aromatic heterocycles. The summed E-state index contributed by atoms with van der Waals surface area (Å²) in [4.78, 5) is 18.6. The molecule has 1 aliphatic heterocycles. The zero-order chi connectivity index (χ0) is 16.1. The van der Waals surface area contributed by atoms with E-state index in [0.29, 0.717) is 6.54 Å². The number of hydrogen-bond donors (Lipinski definition) is 1. The summed E-state index contributed by atoms with van der Waals surface area (Å²) in [6, 6.07) is 7.75. The van der Waals surface area contributed by atoms with E-state index in [2.05, 4.69) is 15.7 Å². The van der Waals surface area contributed by atoms with E-state index in [0.717, 1.165) is 53.6 Å². The Kier molecular flexibility index (Phi) is 5.51. The lowest BCUT2D eigenvalue weighted by atomic mass is 10.1. The van der Waals surface area contributed by atoms with Crippen molar-refractivity contribution in [1.29, 1.82) is 0 Å². The van der Waals surface area contributed by atoms with Gasteiger partial charge in [0.2, 0.25) is 0 Å². The highest BCUT2D eigenvalue weighted by molar-refractivity contribution is 7.13. The van der Waals surface area contributed by atoms with Crippen molar-refractivity contribution in [3.8, 4) is 10.6 Å². The molecular formula is C17H20ClN3OS. The Morgan fingerprint density at radius 1 is 1.22 bits per heavy atom. The molecule has 0 aliphatic carbocycles. The molecule has 3 rings (SSSR count). The molecular weight excluding hydrogens is 330 g/mol. The fourth-order valence-corrected chi connectivity index (χ4v) is 3.64. The number of urea groups is 1. The first kappa shape index (κ1) is 16.3. The van der Waals surface area contributed by atoms with Gasteiger partial charge in [0, 0.05) is 42.0 Å². The highest BCUT2D eigenvalue weighted by atomic mass is 35.5. The highest BCUT2D eigenvalue weighted by Crippen LogP contribution is 2.25. The van der Waals surface area contributed by atoms with E-state index < -0.39 is 0 Å². The number of carbonyl (C=O) groups excluding carboxylic acids is 1. The first-order valence-electron chi connectivity index (χ1n) is 7.95. The van der Waals surface area contributed by atoms with Crippen LogP contribution < -0.4 is 5.32 Å². The number of likely N-dealkylation sites (tertiary alicyclic amines) is 1. The van der Waals surface area contributed by atoms with Crippen LogP contribution in [0.15, 0.2) is 29.6 Å². The van der Waals surface area contributed by atoms with Gasteiger partial charge in [0.25, 0.3) is 0 Å². The number of amides is 2. The van der Waals surface area contributed by atoms with Crippen LogP contribution in [0, 0.1) is 0 Å². The molecule has 6 heteroatoms. The third kappa shape index (κ3) is 4.45. The van der Waals surface area contributed by atoms with Crippen molar-refractivity contribution in [2.24, 2.45) is 0 Å². The van der Waals surface area contributed by atoms with Crippen molar-refractivity contribution in [3.63, 3.8) is 0 Å². The minimum atomic E-state index is 0.0536. The first-order chi connectivity index (χ1) is 11.2. The van der Waals surface area contributed by atoms with Crippen molar-refractivity contribution in [1.82, 2.24) is 15.2 Å². The summed E-state index contributed by atoms with van der Waals surface area (Å²) < 4.78 is 0. The average molecular weight is 350 g/mol. The van der Waals surface area contributed by atoms with E-state index in [4.69, 9.17) is 11.6 Å². The minimum absolute atomic E-state index is 0.0536. The third-order valence-corrected chi connectivity index (χ3v) is 5.14. The molecule has 1 N–H and O–H groups in total. The van der Waals surface area contributed by atoms with Crippen LogP contribution >= 0.6 is 22.9 Å². The van der Waals surface area contributed by atoms with Gasteiger partial charge in [0.1, 0.15) is 5.01 Å². The number of hydrogen-bond acceptors (Lipinski definition) is 3. The lowest BCUT2D eigenvalue weighted by Gasteiger charge is -2.26. The second-order valence-corrected chi connectivity index (χ2v) is 6.98. The molecule has 0 spiro atoms. The topological polar surface area (TPSA) is 45.2 Å². The second-order valence-electron chi connectivity index (χ2n) is 5.68. The molecule has 0 radical (unpaired) electrons. The summed E-state index contributed by atoms with van der Waals surface area (Å²) in [6.07, 6.45) is 4.22. The normalized spacial score (nSPS) is 14.7. The fraction of sp³-hybridized carbons (Fsp3) is 0.412. The van der Waals surface area contributed by atoms with E-state index in [1.54, 1.807) is 11.3 Å². The summed E-state index contributed by atoms with van der Waals surface area (Å²) in [5.41, 5.74) is 2.09. The maximum absolute atomic E-state index is 12.0. The number of rotatable bonds is 4. The van der Waals surface area contributed by atoms with Crippen molar-refractivity contribution in [2.75, 3.05) is 19.6 Å². The predicted octanol–water partition coefficient (Wildman–Crippen LogP) is 4.20. The summed E-state index contributed by atoms with van der Waals surface area (Å²) in [5, 5.41) is 6.76. The van der Waals surface area contributed by atoms with Gasteiger partial charge in [-0.1, -0.05) is 23.7 Å². The van der Waals surface area contributed by atoms with Crippen LogP contribution in [0.2, 0.25) is 5.02 Å². The van der Waals surface area contributed by atoms with Crippen LogP contribution in [0.3, 0.4) is 0 Å².